The molecule has 4 amide bonds. The van der Waals surface area contributed by atoms with Crippen LogP contribution in [0.15, 0.2) is 41.8 Å². The second-order valence-electron chi connectivity index (χ2n) is 15.8. The van der Waals surface area contributed by atoms with Crippen molar-refractivity contribution >= 4 is 57.2 Å². The van der Waals surface area contributed by atoms with Gasteiger partial charge in [-0.1, -0.05) is 51.0 Å². The molecule has 4 aliphatic rings. The van der Waals surface area contributed by atoms with E-state index in [1.54, 1.807) is 19.9 Å². The van der Waals surface area contributed by atoms with E-state index in [4.69, 9.17) is 14.5 Å². The van der Waals surface area contributed by atoms with E-state index in [-0.39, 0.29) is 43.2 Å². The molecule has 3 fully saturated rings. The van der Waals surface area contributed by atoms with E-state index in [1.165, 1.54) is 16.2 Å². The molecule has 0 radical (unpaired) electrons. The summed E-state index contributed by atoms with van der Waals surface area (Å²) in [7, 11) is 0. The largest absolute Gasteiger partial charge is 0.488 e. The van der Waals surface area contributed by atoms with Crippen LogP contribution < -0.4 is 20.7 Å². The van der Waals surface area contributed by atoms with Crippen LogP contribution in [0.2, 0.25) is 0 Å². The summed E-state index contributed by atoms with van der Waals surface area (Å²) in [4.78, 5) is 77.8. The number of hydrogen-bond acceptors (Lipinski definition) is 10. The molecular formula is C41H50N6O8S. The molecule has 2 aromatic heterocycles. The fourth-order valence-electron chi connectivity index (χ4n) is 7.95. The second kappa shape index (κ2) is 16.6. The van der Waals surface area contributed by atoms with E-state index in [9.17, 15) is 29.1 Å². The van der Waals surface area contributed by atoms with Crippen LogP contribution in [0.1, 0.15) is 90.0 Å². The summed E-state index contributed by atoms with van der Waals surface area (Å²) in [6.07, 6.45) is 9.57. The van der Waals surface area contributed by atoms with Crippen molar-refractivity contribution in [2.24, 2.45) is 11.8 Å². The molecule has 4 N–H and O–H groups in total. The van der Waals surface area contributed by atoms with Crippen LogP contribution in [0.4, 0.5) is 9.93 Å². The number of carboxylic acid groups (broad SMARTS) is 1. The topological polar surface area (TPSA) is 189 Å². The van der Waals surface area contributed by atoms with Crippen LogP contribution in [0.5, 0.6) is 5.75 Å². The van der Waals surface area contributed by atoms with Crippen LogP contribution >= 0.6 is 11.3 Å². The number of amides is 4. The third-order valence-corrected chi connectivity index (χ3v) is 12.1. The monoisotopic (exact) mass is 786 g/mol. The minimum absolute atomic E-state index is 0.0171. The predicted molar refractivity (Wildman–Crippen MR) is 210 cm³/mol. The highest BCUT2D eigenvalue weighted by molar-refractivity contribution is 7.14. The molecule has 2 aliphatic carbocycles. The zero-order valence-corrected chi connectivity index (χ0v) is 32.9. The Morgan fingerprint density at radius 1 is 1.04 bits per heavy atom. The molecule has 0 bridgehead atoms. The molecule has 56 heavy (non-hydrogen) atoms. The van der Waals surface area contributed by atoms with Gasteiger partial charge in [-0.3, -0.25) is 14.4 Å². The normalized spacial score (nSPS) is 26.4. The van der Waals surface area contributed by atoms with Crippen molar-refractivity contribution in [2.75, 3.05) is 11.9 Å². The van der Waals surface area contributed by atoms with Crippen LogP contribution in [-0.2, 0) is 23.9 Å². The first-order chi connectivity index (χ1) is 26.9. The Balaban J connectivity index is 1.19. The van der Waals surface area contributed by atoms with Gasteiger partial charge in [-0.25, -0.2) is 19.6 Å². The number of nitrogens with zero attached hydrogens (tertiary/aromatic N) is 3. The van der Waals surface area contributed by atoms with E-state index >= 15 is 0 Å². The summed E-state index contributed by atoms with van der Waals surface area (Å²) in [6.45, 7) is 5.57. The maximum atomic E-state index is 14.5. The Bertz CT molecular complexity index is 2030. The average molecular weight is 787 g/mol. The van der Waals surface area contributed by atoms with Crippen molar-refractivity contribution in [1.29, 1.82) is 0 Å². The number of hydrogen-bond donors (Lipinski definition) is 4. The minimum Gasteiger partial charge on any atom is -0.488 e. The number of pyridine rings is 1. The molecule has 298 valence electrons. The van der Waals surface area contributed by atoms with Gasteiger partial charge in [0.25, 0.3) is 0 Å². The summed E-state index contributed by atoms with van der Waals surface area (Å²) in [5, 5.41) is 21.7. The van der Waals surface area contributed by atoms with E-state index in [1.807, 2.05) is 42.7 Å². The van der Waals surface area contributed by atoms with E-state index in [2.05, 4.69) is 20.9 Å². The fraction of sp³-hybridized carbons (Fsp3) is 0.537. The summed E-state index contributed by atoms with van der Waals surface area (Å²) >= 11 is 1.29. The number of aryl methyl sites for hydroxylation is 1. The number of carbonyl (C=O) groups excluding carboxylic acids is 4. The Hall–Kier alpha value is -5.05. The maximum Gasteiger partial charge on any atom is 0.408 e. The number of fused-ring (bicyclic) bond motifs is 3. The van der Waals surface area contributed by atoms with E-state index in [0.717, 1.165) is 55.9 Å². The predicted octanol–water partition coefficient (Wildman–Crippen LogP) is 6.13. The first kappa shape index (κ1) is 39.2. The summed E-state index contributed by atoms with van der Waals surface area (Å²) in [6, 6.07) is 5.49. The molecular weight excluding hydrogens is 737 g/mol. The highest BCUT2D eigenvalue weighted by Gasteiger charge is 2.61. The molecule has 0 unspecified atom stereocenters. The number of allylic oxidation sites excluding steroid dienone is 1. The first-order valence-electron chi connectivity index (χ1n) is 19.8. The third kappa shape index (κ3) is 8.52. The molecule has 15 heteroatoms. The number of carboxylic acids is 1. The Morgan fingerprint density at radius 2 is 1.82 bits per heavy atom. The molecule has 5 atom stereocenters. The number of para-hydroxylation sites is 1. The number of nitrogens with one attached hydrogen (secondary N) is 3. The van der Waals surface area contributed by atoms with Crippen LogP contribution in [0.25, 0.3) is 22.3 Å². The van der Waals surface area contributed by atoms with Crippen molar-refractivity contribution < 1.29 is 38.6 Å². The second-order valence-corrected chi connectivity index (χ2v) is 16.6. The standard InChI is InChI=1S/C41H50N6O8S/c1-23(2)35(48)45-39-43-31(22-56-39)30-19-33(28-16-11-12-24(3)34(28)42-30)54-27-18-32-36(49)46-41(38(51)52)20-25(41)13-7-5-4-6-8-17-29(37(50)47(32)21-27)44-40(53)55-26-14-9-10-15-26/h7,11-13,16,19,22-23,25-27,29,32H,4-6,8-10,14-15,17-18,20-21H2,1-3H3,(H,44,53)(H,46,49)(H,51,52)(H,43,45,48)/b13-7-/t25-,27+,29+,32-,41+/m0/s1. The molecule has 1 aromatic carbocycles. The van der Waals surface area contributed by atoms with Crippen LogP contribution in [0, 0.1) is 18.8 Å². The molecule has 3 aromatic rings. The Labute approximate surface area is 329 Å². The number of aromatic nitrogens is 2. The maximum absolute atomic E-state index is 14.5. The number of thiazole rings is 1. The highest BCUT2D eigenvalue weighted by atomic mass is 32.1. The number of carbonyl (C=O) groups is 5. The van der Waals surface area contributed by atoms with Crippen LogP contribution in [0.3, 0.4) is 0 Å². The lowest BCUT2D eigenvalue weighted by molar-refractivity contribution is -0.145. The minimum atomic E-state index is -1.46. The first-order valence-corrected chi connectivity index (χ1v) is 20.6. The Morgan fingerprint density at radius 3 is 2.59 bits per heavy atom. The lowest BCUT2D eigenvalue weighted by Crippen LogP contribution is -2.56. The van der Waals surface area contributed by atoms with Gasteiger partial charge in [0.15, 0.2) is 5.13 Å². The number of alkyl carbamates (subject to hydrolysis) is 1. The SMILES string of the molecule is Cc1cccc2c(O[C@@H]3C[C@H]4C(=O)N[C@]5(C(=O)O)C[C@@H]5/C=C\CCCCC[C@@H](NC(=O)OC5CCCC5)C(=O)N4C3)cc(-c3csc(NC(=O)C(C)C)n3)nc12. The summed E-state index contributed by atoms with van der Waals surface area (Å²) < 4.78 is 12.4. The lowest BCUT2D eigenvalue weighted by atomic mass is 10.0. The van der Waals surface area contributed by atoms with Crippen molar-refractivity contribution in [2.45, 2.75) is 121 Å². The molecule has 14 nitrogen and oxygen atoms in total. The van der Waals surface area contributed by atoms with Gasteiger partial charge in [0.2, 0.25) is 17.7 Å². The molecule has 4 heterocycles. The number of rotatable bonds is 8. The molecule has 2 saturated carbocycles. The van der Waals surface area contributed by atoms with Crippen molar-refractivity contribution in [3.63, 3.8) is 0 Å². The van der Waals surface area contributed by atoms with Crippen molar-refractivity contribution in [1.82, 2.24) is 25.5 Å². The van der Waals surface area contributed by atoms with Gasteiger partial charge < -0.3 is 35.4 Å². The highest BCUT2D eigenvalue weighted by Crippen LogP contribution is 2.45. The number of ether oxygens (including phenoxy) is 2. The van der Waals surface area contributed by atoms with Gasteiger partial charge in [0.05, 0.1) is 17.8 Å². The number of benzene rings is 1. The smallest absolute Gasteiger partial charge is 0.408 e. The van der Waals surface area contributed by atoms with Crippen LogP contribution in [-0.4, -0.2) is 86.1 Å². The number of aliphatic carboxylic acids is 1. The molecule has 1 saturated heterocycles. The van der Waals surface area contributed by atoms with Gasteiger partial charge >= 0.3 is 12.1 Å². The van der Waals surface area contributed by atoms with E-state index < -0.39 is 47.6 Å². The van der Waals surface area contributed by atoms with Crippen molar-refractivity contribution in [3.05, 3.63) is 47.4 Å². The quantitative estimate of drug-likeness (QED) is 0.194. The van der Waals surface area contributed by atoms with Gasteiger partial charge in [0, 0.05) is 35.1 Å². The average Bonchev–Trinajstić information content (AvgIpc) is 3.59. The summed E-state index contributed by atoms with van der Waals surface area (Å²) in [5.41, 5.74) is 1.19. The molecule has 7 rings (SSSR count). The zero-order valence-electron chi connectivity index (χ0n) is 32.0. The van der Waals surface area contributed by atoms with E-state index in [0.29, 0.717) is 40.6 Å². The lowest BCUT2D eigenvalue weighted by Gasteiger charge is -2.29. The summed E-state index contributed by atoms with van der Waals surface area (Å²) in [5.74, 6) is -2.40. The molecule has 2 aliphatic heterocycles. The fourth-order valence-corrected chi connectivity index (χ4v) is 8.66. The van der Waals surface area contributed by atoms with Gasteiger partial charge in [-0.15, -0.1) is 11.3 Å². The Kier molecular flexibility index (Phi) is 11.6. The zero-order chi connectivity index (χ0) is 39.6. The van der Waals surface area contributed by atoms with Gasteiger partial charge in [-0.05, 0) is 69.9 Å². The molecule has 0 spiro atoms. The van der Waals surface area contributed by atoms with Gasteiger partial charge in [-0.2, -0.15) is 0 Å². The van der Waals surface area contributed by atoms with Gasteiger partial charge in [0.1, 0.15) is 41.3 Å². The number of anilines is 1. The van der Waals surface area contributed by atoms with Crippen molar-refractivity contribution in [3.8, 4) is 17.1 Å². The third-order valence-electron chi connectivity index (χ3n) is 11.3.